The van der Waals surface area contributed by atoms with Crippen LogP contribution in [0.15, 0.2) is 75.7 Å². The van der Waals surface area contributed by atoms with Gasteiger partial charge in [-0.1, -0.05) is 36.4 Å². The molecule has 200 valence electrons. The SMILES string of the molecule is Cc1cccc(OCC(=O)N=Nc2c(O)n(CN3CC4C[C@@H](C3)c3cccc(=O)n3C4)c3ccccc23)c1C. The second-order valence-corrected chi connectivity index (χ2v) is 10.6. The number of hydrogen-bond donors (Lipinski definition) is 1. The largest absolute Gasteiger partial charge is 0.493 e. The summed E-state index contributed by atoms with van der Waals surface area (Å²) in [7, 11) is 0. The predicted molar refractivity (Wildman–Crippen MR) is 148 cm³/mol. The van der Waals surface area contributed by atoms with Crippen molar-refractivity contribution in [2.24, 2.45) is 16.1 Å². The highest BCUT2D eigenvalue weighted by molar-refractivity contribution is 5.95. The molecule has 0 radical (unpaired) electrons. The second kappa shape index (κ2) is 10.1. The number of aromatic hydroxyl groups is 1. The Hall–Kier alpha value is -4.24. The Morgan fingerprint density at radius 3 is 2.72 bits per heavy atom. The summed E-state index contributed by atoms with van der Waals surface area (Å²) in [6, 6.07) is 18.8. The number of ether oxygens (including phenoxy) is 1. The van der Waals surface area contributed by atoms with E-state index in [1.54, 1.807) is 6.07 Å². The average Bonchev–Trinajstić information content (AvgIpc) is 3.19. The van der Waals surface area contributed by atoms with Crippen LogP contribution in [0, 0.1) is 19.8 Å². The van der Waals surface area contributed by atoms with Crippen LogP contribution in [0.1, 0.15) is 29.2 Å². The molecule has 1 N–H and O–H groups in total. The van der Waals surface area contributed by atoms with Gasteiger partial charge in [0.05, 0.1) is 12.2 Å². The number of nitrogens with zero attached hydrogens (tertiary/aromatic N) is 5. The van der Waals surface area contributed by atoms with Gasteiger partial charge in [-0.3, -0.25) is 19.1 Å². The van der Waals surface area contributed by atoms with Gasteiger partial charge in [0, 0.05) is 42.7 Å². The van der Waals surface area contributed by atoms with E-state index < -0.39 is 5.91 Å². The number of rotatable bonds is 6. The van der Waals surface area contributed by atoms with E-state index >= 15 is 0 Å². The number of azo groups is 1. The third-order valence-corrected chi connectivity index (χ3v) is 7.98. The van der Waals surface area contributed by atoms with E-state index in [1.807, 2.05) is 77.6 Å². The van der Waals surface area contributed by atoms with Gasteiger partial charge >= 0.3 is 5.91 Å². The minimum absolute atomic E-state index is 0.0319. The number of fused-ring (bicyclic) bond motifs is 5. The number of para-hydroxylation sites is 1. The number of carbonyl (C=O) groups excluding carboxylic acids is 1. The molecule has 39 heavy (non-hydrogen) atoms. The monoisotopic (exact) mass is 525 g/mol. The average molecular weight is 526 g/mol. The lowest BCUT2D eigenvalue weighted by molar-refractivity contribution is -0.120. The first-order valence-corrected chi connectivity index (χ1v) is 13.2. The summed E-state index contributed by atoms with van der Waals surface area (Å²) in [6.45, 7) is 6.48. The molecule has 1 fully saturated rings. The fourth-order valence-electron chi connectivity index (χ4n) is 5.98. The van der Waals surface area contributed by atoms with Crippen molar-refractivity contribution in [3.63, 3.8) is 0 Å². The highest BCUT2D eigenvalue weighted by atomic mass is 16.5. The highest BCUT2D eigenvalue weighted by Crippen LogP contribution is 2.40. The van der Waals surface area contributed by atoms with Crippen LogP contribution in [-0.4, -0.2) is 44.7 Å². The lowest BCUT2D eigenvalue weighted by Crippen LogP contribution is -2.47. The molecule has 4 heterocycles. The zero-order valence-electron chi connectivity index (χ0n) is 22.1. The molecule has 9 nitrogen and oxygen atoms in total. The van der Waals surface area contributed by atoms with Crippen molar-refractivity contribution in [3.8, 4) is 11.6 Å². The summed E-state index contributed by atoms with van der Waals surface area (Å²) in [5.74, 6) is 0.704. The van der Waals surface area contributed by atoms with Crippen LogP contribution in [0.4, 0.5) is 5.69 Å². The summed E-state index contributed by atoms with van der Waals surface area (Å²) < 4.78 is 9.40. The Balaban J connectivity index is 1.21. The molecule has 6 rings (SSSR count). The van der Waals surface area contributed by atoms with Gasteiger partial charge in [0.25, 0.3) is 5.56 Å². The van der Waals surface area contributed by atoms with Crippen molar-refractivity contribution in [1.29, 1.82) is 0 Å². The van der Waals surface area contributed by atoms with Crippen LogP contribution in [0.3, 0.4) is 0 Å². The first kappa shape index (κ1) is 25.1. The molecule has 2 atom stereocenters. The minimum Gasteiger partial charge on any atom is -0.493 e. The summed E-state index contributed by atoms with van der Waals surface area (Å²) in [6.07, 6.45) is 1.06. The van der Waals surface area contributed by atoms with Gasteiger partial charge in [-0.05, 0) is 55.5 Å². The van der Waals surface area contributed by atoms with Gasteiger partial charge in [0.2, 0.25) is 5.88 Å². The van der Waals surface area contributed by atoms with Gasteiger partial charge in [-0.2, -0.15) is 0 Å². The molecule has 0 aliphatic carbocycles. The summed E-state index contributed by atoms with van der Waals surface area (Å²) in [5, 5.41) is 20.0. The zero-order chi connectivity index (χ0) is 27.1. The fourth-order valence-corrected chi connectivity index (χ4v) is 5.98. The third-order valence-electron chi connectivity index (χ3n) is 7.98. The minimum atomic E-state index is -0.537. The van der Waals surface area contributed by atoms with E-state index in [2.05, 4.69) is 15.1 Å². The predicted octanol–water partition coefficient (Wildman–Crippen LogP) is 4.89. The van der Waals surface area contributed by atoms with E-state index in [0.717, 1.165) is 47.2 Å². The van der Waals surface area contributed by atoms with Gasteiger partial charge in [0.15, 0.2) is 12.3 Å². The molecular formula is C30H31N5O4. The fraction of sp³-hybridized carbons (Fsp3) is 0.333. The van der Waals surface area contributed by atoms with E-state index in [4.69, 9.17) is 4.74 Å². The molecule has 2 aromatic carbocycles. The van der Waals surface area contributed by atoms with E-state index in [0.29, 0.717) is 24.9 Å². The smallest absolute Gasteiger partial charge is 0.302 e. The van der Waals surface area contributed by atoms with Gasteiger partial charge < -0.3 is 14.4 Å². The standard InChI is InChI=1S/C30H31N5O4/c1-19-7-5-11-26(20(19)2)39-17-27(36)31-32-29-23-8-3-4-9-25(23)35(30(29)38)18-33-14-21-13-22(16-33)24-10-6-12-28(37)34(24)15-21/h3-12,21-22,38H,13-18H2,1-2H3/t21?,22-/m0/s1. The summed E-state index contributed by atoms with van der Waals surface area (Å²) in [5.41, 5.74) is 4.28. The molecule has 0 saturated carbocycles. The maximum absolute atomic E-state index is 12.5. The van der Waals surface area contributed by atoms with Crippen LogP contribution in [0.5, 0.6) is 11.6 Å². The van der Waals surface area contributed by atoms with Crippen molar-refractivity contribution in [1.82, 2.24) is 14.0 Å². The molecule has 9 heteroatoms. The number of piperidine rings is 1. The van der Waals surface area contributed by atoms with E-state index in [9.17, 15) is 14.7 Å². The van der Waals surface area contributed by atoms with E-state index in [-0.39, 0.29) is 29.7 Å². The topological polar surface area (TPSA) is 101 Å². The van der Waals surface area contributed by atoms with Crippen LogP contribution >= 0.6 is 0 Å². The van der Waals surface area contributed by atoms with Crippen molar-refractivity contribution < 1.29 is 14.6 Å². The quantitative estimate of drug-likeness (QED) is 0.361. The van der Waals surface area contributed by atoms with Gasteiger partial charge in [-0.25, -0.2) is 0 Å². The van der Waals surface area contributed by atoms with Crippen LogP contribution in [-0.2, 0) is 18.0 Å². The Morgan fingerprint density at radius 2 is 1.85 bits per heavy atom. The molecule has 1 unspecified atom stereocenters. The van der Waals surface area contributed by atoms with Crippen LogP contribution < -0.4 is 10.3 Å². The third kappa shape index (κ3) is 4.74. The molecule has 1 amide bonds. The van der Waals surface area contributed by atoms with E-state index in [1.165, 1.54) is 0 Å². The zero-order valence-corrected chi connectivity index (χ0v) is 22.1. The number of amides is 1. The number of pyridine rings is 1. The molecule has 2 aliphatic heterocycles. The maximum Gasteiger partial charge on any atom is 0.302 e. The molecule has 2 aliphatic rings. The first-order valence-electron chi connectivity index (χ1n) is 13.2. The Labute approximate surface area is 226 Å². The number of aryl methyl sites for hydroxylation is 1. The Bertz CT molecular complexity index is 1650. The highest BCUT2D eigenvalue weighted by Gasteiger charge is 2.35. The summed E-state index contributed by atoms with van der Waals surface area (Å²) >= 11 is 0. The van der Waals surface area contributed by atoms with Crippen molar-refractivity contribution in [2.45, 2.75) is 39.4 Å². The summed E-state index contributed by atoms with van der Waals surface area (Å²) in [4.78, 5) is 27.2. The first-order chi connectivity index (χ1) is 18.9. The van der Waals surface area contributed by atoms with Crippen LogP contribution in [0.2, 0.25) is 0 Å². The Morgan fingerprint density at radius 1 is 1.03 bits per heavy atom. The van der Waals surface area contributed by atoms with Crippen molar-refractivity contribution in [3.05, 3.63) is 87.8 Å². The van der Waals surface area contributed by atoms with Gasteiger partial charge in [0.1, 0.15) is 5.75 Å². The number of hydrogen-bond acceptors (Lipinski definition) is 6. The maximum atomic E-state index is 12.5. The molecule has 2 aromatic heterocycles. The lowest BCUT2D eigenvalue weighted by atomic mass is 9.83. The lowest BCUT2D eigenvalue weighted by Gasteiger charge is -2.42. The normalized spacial score (nSPS) is 18.9. The number of carbonyl (C=O) groups is 1. The van der Waals surface area contributed by atoms with Gasteiger partial charge in [-0.15, -0.1) is 10.2 Å². The molecule has 1 saturated heterocycles. The molecular weight excluding hydrogens is 494 g/mol. The molecule has 2 bridgehead atoms. The second-order valence-electron chi connectivity index (χ2n) is 10.6. The van der Waals surface area contributed by atoms with Crippen molar-refractivity contribution >= 4 is 22.5 Å². The molecule has 4 aromatic rings. The van der Waals surface area contributed by atoms with Crippen molar-refractivity contribution in [2.75, 3.05) is 19.7 Å². The molecule has 0 spiro atoms. The number of benzene rings is 2. The number of aromatic nitrogens is 2. The number of likely N-dealkylation sites (tertiary alicyclic amines) is 1. The van der Waals surface area contributed by atoms with Crippen LogP contribution in [0.25, 0.3) is 10.9 Å². The Kier molecular flexibility index (Phi) is 6.52.